The molecule has 3 rings (SSSR count). The summed E-state index contributed by atoms with van der Waals surface area (Å²) in [4.78, 5) is 11.4. The Kier molecular flexibility index (Phi) is 2.98. The first kappa shape index (κ1) is 11.0. The molecule has 1 aliphatic heterocycles. The SMILES string of the molecule is O=C1CCOC(c2ccc(C3CCC3)cc2)C1. The molecule has 2 nitrogen and oxygen atoms in total. The lowest BCUT2D eigenvalue weighted by atomic mass is 9.80. The lowest BCUT2D eigenvalue weighted by molar-refractivity contribution is -0.128. The molecule has 1 unspecified atom stereocenters. The molecular formula is C15H18O2. The molecule has 2 aliphatic rings. The smallest absolute Gasteiger partial charge is 0.138 e. The first-order valence-electron chi connectivity index (χ1n) is 6.56. The Morgan fingerprint density at radius 2 is 1.76 bits per heavy atom. The number of hydrogen-bond donors (Lipinski definition) is 0. The van der Waals surface area contributed by atoms with Crippen LogP contribution in [0.5, 0.6) is 0 Å². The highest BCUT2D eigenvalue weighted by molar-refractivity contribution is 5.79. The van der Waals surface area contributed by atoms with Gasteiger partial charge in [0.15, 0.2) is 0 Å². The van der Waals surface area contributed by atoms with Crippen molar-refractivity contribution in [3.05, 3.63) is 35.4 Å². The zero-order chi connectivity index (χ0) is 11.7. The molecule has 1 heterocycles. The second-order valence-corrected chi connectivity index (χ2v) is 5.15. The average molecular weight is 230 g/mol. The van der Waals surface area contributed by atoms with Gasteiger partial charge in [0, 0.05) is 12.8 Å². The van der Waals surface area contributed by atoms with Gasteiger partial charge in [0.1, 0.15) is 5.78 Å². The lowest BCUT2D eigenvalue weighted by Crippen LogP contribution is -2.19. The zero-order valence-corrected chi connectivity index (χ0v) is 10.0. The van der Waals surface area contributed by atoms with Crippen molar-refractivity contribution in [1.29, 1.82) is 0 Å². The summed E-state index contributed by atoms with van der Waals surface area (Å²) in [6.07, 6.45) is 5.15. The Hall–Kier alpha value is -1.15. The van der Waals surface area contributed by atoms with Gasteiger partial charge in [-0.2, -0.15) is 0 Å². The predicted octanol–water partition coefficient (Wildman–Crippen LogP) is 3.37. The fourth-order valence-corrected chi connectivity index (χ4v) is 2.62. The molecule has 0 N–H and O–H groups in total. The maximum absolute atomic E-state index is 11.4. The number of carbonyl (C=O) groups is 1. The summed E-state index contributed by atoms with van der Waals surface area (Å²) in [5.74, 6) is 1.10. The van der Waals surface area contributed by atoms with Crippen molar-refractivity contribution in [2.24, 2.45) is 0 Å². The number of benzene rings is 1. The summed E-state index contributed by atoms with van der Waals surface area (Å²) in [5, 5.41) is 0. The number of Topliss-reactive ketones (excluding diaryl/α,β-unsaturated/α-hetero) is 1. The number of ketones is 1. The molecule has 0 bridgehead atoms. The van der Waals surface area contributed by atoms with Gasteiger partial charge in [0.25, 0.3) is 0 Å². The van der Waals surface area contributed by atoms with Crippen LogP contribution in [0, 0.1) is 0 Å². The molecule has 1 saturated carbocycles. The Labute approximate surface area is 102 Å². The average Bonchev–Trinajstić information content (AvgIpc) is 2.28. The van der Waals surface area contributed by atoms with Crippen molar-refractivity contribution in [2.45, 2.75) is 44.1 Å². The molecule has 1 aliphatic carbocycles. The molecule has 2 heteroatoms. The summed E-state index contributed by atoms with van der Waals surface area (Å²) in [5.41, 5.74) is 2.60. The molecule has 1 saturated heterocycles. The van der Waals surface area contributed by atoms with E-state index in [1.54, 1.807) is 0 Å². The summed E-state index contributed by atoms with van der Waals surface area (Å²) < 4.78 is 5.65. The fraction of sp³-hybridized carbons (Fsp3) is 0.533. The minimum Gasteiger partial charge on any atom is -0.373 e. The van der Waals surface area contributed by atoms with Gasteiger partial charge in [-0.1, -0.05) is 30.7 Å². The van der Waals surface area contributed by atoms with Gasteiger partial charge in [-0.15, -0.1) is 0 Å². The van der Waals surface area contributed by atoms with Crippen LogP contribution in [-0.4, -0.2) is 12.4 Å². The molecule has 1 aromatic carbocycles. The number of carbonyl (C=O) groups excluding carboxylic acids is 1. The van der Waals surface area contributed by atoms with Crippen LogP contribution >= 0.6 is 0 Å². The van der Waals surface area contributed by atoms with E-state index in [1.165, 1.54) is 24.8 Å². The van der Waals surface area contributed by atoms with Gasteiger partial charge >= 0.3 is 0 Å². The molecule has 1 aromatic rings. The highest BCUT2D eigenvalue weighted by Crippen LogP contribution is 2.37. The monoisotopic (exact) mass is 230 g/mol. The van der Waals surface area contributed by atoms with Crippen LogP contribution in [-0.2, 0) is 9.53 Å². The molecule has 0 spiro atoms. The largest absolute Gasteiger partial charge is 0.373 e. The third kappa shape index (κ3) is 2.27. The standard InChI is InChI=1S/C15H18O2/c16-14-8-9-17-15(10-14)13-6-4-12(5-7-13)11-2-1-3-11/h4-7,11,15H,1-3,8-10H2. The van der Waals surface area contributed by atoms with Crippen LogP contribution in [0.1, 0.15) is 55.3 Å². The zero-order valence-electron chi connectivity index (χ0n) is 10.0. The van der Waals surface area contributed by atoms with E-state index in [0.29, 0.717) is 25.2 Å². The molecular weight excluding hydrogens is 212 g/mol. The summed E-state index contributed by atoms with van der Waals surface area (Å²) >= 11 is 0. The van der Waals surface area contributed by atoms with Gasteiger partial charge in [-0.05, 0) is 29.9 Å². The van der Waals surface area contributed by atoms with Crippen molar-refractivity contribution < 1.29 is 9.53 Å². The van der Waals surface area contributed by atoms with E-state index >= 15 is 0 Å². The Morgan fingerprint density at radius 1 is 1.06 bits per heavy atom. The van der Waals surface area contributed by atoms with Crippen LogP contribution in [0.4, 0.5) is 0 Å². The van der Waals surface area contributed by atoms with Gasteiger partial charge in [0.2, 0.25) is 0 Å². The van der Waals surface area contributed by atoms with Gasteiger partial charge < -0.3 is 4.74 Å². The van der Waals surface area contributed by atoms with E-state index in [4.69, 9.17) is 4.74 Å². The third-order valence-corrected chi connectivity index (χ3v) is 4.00. The maximum atomic E-state index is 11.4. The second-order valence-electron chi connectivity index (χ2n) is 5.15. The minimum absolute atomic E-state index is 0.00769. The number of rotatable bonds is 2. The normalized spacial score (nSPS) is 25.6. The quantitative estimate of drug-likeness (QED) is 0.778. The van der Waals surface area contributed by atoms with Crippen molar-refractivity contribution in [3.63, 3.8) is 0 Å². The van der Waals surface area contributed by atoms with Crippen LogP contribution in [0.2, 0.25) is 0 Å². The topological polar surface area (TPSA) is 26.3 Å². The first-order chi connectivity index (χ1) is 8.33. The Balaban J connectivity index is 1.72. The molecule has 2 fully saturated rings. The van der Waals surface area contributed by atoms with Crippen molar-refractivity contribution >= 4 is 5.78 Å². The molecule has 0 radical (unpaired) electrons. The van der Waals surface area contributed by atoms with Gasteiger partial charge in [-0.25, -0.2) is 0 Å². The number of hydrogen-bond acceptors (Lipinski definition) is 2. The highest BCUT2D eigenvalue weighted by Gasteiger charge is 2.23. The van der Waals surface area contributed by atoms with Crippen molar-refractivity contribution in [1.82, 2.24) is 0 Å². The van der Waals surface area contributed by atoms with Crippen LogP contribution < -0.4 is 0 Å². The number of ether oxygens (including phenoxy) is 1. The molecule has 17 heavy (non-hydrogen) atoms. The van der Waals surface area contributed by atoms with Gasteiger partial charge in [-0.3, -0.25) is 4.79 Å². The third-order valence-electron chi connectivity index (χ3n) is 4.00. The first-order valence-corrected chi connectivity index (χ1v) is 6.56. The Morgan fingerprint density at radius 3 is 2.35 bits per heavy atom. The van der Waals surface area contributed by atoms with E-state index in [2.05, 4.69) is 24.3 Å². The van der Waals surface area contributed by atoms with Crippen LogP contribution in [0.25, 0.3) is 0 Å². The molecule has 0 aromatic heterocycles. The molecule has 1 atom stereocenters. The van der Waals surface area contributed by atoms with E-state index in [1.807, 2.05) is 0 Å². The molecule has 90 valence electrons. The summed E-state index contributed by atoms with van der Waals surface area (Å²) in [6.45, 7) is 0.577. The predicted molar refractivity (Wildman–Crippen MR) is 66.0 cm³/mol. The lowest BCUT2D eigenvalue weighted by Gasteiger charge is -2.27. The fourth-order valence-electron chi connectivity index (χ4n) is 2.62. The van der Waals surface area contributed by atoms with Crippen molar-refractivity contribution in [3.8, 4) is 0 Å². The van der Waals surface area contributed by atoms with Crippen molar-refractivity contribution in [2.75, 3.05) is 6.61 Å². The molecule has 0 amide bonds. The summed E-state index contributed by atoms with van der Waals surface area (Å²) in [7, 11) is 0. The second kappa shape index (κ2) is 4.61. The van der Waals surface area contributed by atoms with E-state index < -0.39 is 0 Å². The Bertz CT molecular complexity index is 403. The van der Waals surface area contributed by atoms with Crippen LogP contribution in [0.3, 0.4) is 0 Å². The minimum atomic E-state index is -0.00769. The van der Waals surface area contributed by atoms with E-state index in [-0.39, 0.29) is 6.10 Å². The van der Waals surface area contributed by atoms with E-state index in [9.17, 15) is 4.79 Å². The van der Waals surface area contributed by atoms with Crippen LogP contribution in [0.15, 0.2) is 24.3 Å². The summed E-state index contributed by atoms with van der Waals surface area (Å²) in [6, 6.07) is 8.69. The van der Waals surface area contributed by atoms with E-state index in [0.717, 1.165) is 11.5 Å². The van der Waals surface area contributed by atoms with Gasteiger partial charge in [0.05, 0.1) is 12.7 Å². The maximum Gasteiger partial charge on any atom is 0.138 e. The highest BCUT2D eigenvalue weighted by atomic mass is 16.5.